The number of halogens is 1. The van der Waals surface area contributed by atoms with Gasteiger partial charge in [-0.3, -0.25) is 9.59 Å². The zero-order valence-corrected chi connectivity index (χ0v) is 18.8. The number of thiocarbonyl (C=S) groups is 1. The predicted molar refractivity (Wildman–Crippen MR) is 122 cm³/mol. The summed E-state index contributed by atoms with van der Waals surface area (Å²) in [6, 6.07) is 8.91. The second-order valence-electron chi connectivity index (χ2n) is 8.08. The largest absolute Gasteiger partial charge is 0.459 e. The van der Waals surface area contributed by atoms with Gasteiger partial charge in [0.1, 0.15) is 0 Å². The van der Waals surface area contributed by atoms with Crippen molar-refractivity contribution in [3.05, 3.63) is 47.4 Å². The SMILES string of the molecule is CC(C)(C)C(=O)NC(=S)Nc1ccc(N2CCN(C(=O)c3ccco3)CC2)c(Cl)c1. The van der Waals surface area contributed by atoms with Crippen LogP contribution in [-0.4, -0.2) is 48.0 Å². The van der Waals surface area contributed by atoms with Crippen LogP contribution in [0.2, 0.25) is 5.02 Å². The van der Waals surface area contributed by atoms with Crippen LogP contribution in [0.25, 0.3) is 0 Å². The van der Waals surface area contributed by atoms with E-state index < -0.39 is 5.41 Å². The maximum absolute atomic E-state index is 12.4. The normalized spacial score (nSPS) is 14.4. The summed E-state index contributed by atoms with van der Waals surface area (Å²) in [5.74, 6) is 0.0900. The third kappa shape index (κ3) is 5.31. The van der Waals surface area contributed by atoms with Gasteiger partial charge in [0, 0.05) is 37.3 Å². The summed E-state index contributed by atoms with van der Waals surface area (Å²) >= 11 is 11.7. The highest BCUT2D eigenvalue weighted by molar-refractivity contribution is 7.80. The monoisotopic (exact) mass is 448 g/mol. The van der Waals surface area contributed by atoms with Crippen LogP contribution in [0.1, 0.15) is 31.3 Å². The molecule has 2 heterocycles. The predicted octanol–water partition coefficient (Wildman–Crippen LogP) is 3.75. The molecule has 0 saturated carbocycles. The number of nitrogens with one attached hydrogen (secondary N) is 2. The highest BCUT2D eigenvalue weighted by Gasteiger charge is 2.25. The van der Waals surface area contributed by atoms with Gasteiger partial charge in [-0.2, -0.15) is 0 Å². The Labute approximate surface area is 186 Å². The molecule has 0 radical (unpaired) electrons. The van der Waals surface area contributed by atoms with Crippen LogP contribution in [0.5, 0.6) is 0 Å². The molecule has 30 heavy (non-hydrogen) atoms. The van der Waals surface area contributed by atoms with Crippen LogP contribution in [0.4, 0.5) is 11.4 Å². The lowest BCUT2D eigenvalue weighted by atomic mass is 9.96. The Morgan fingerprint density at radius 1 is 1.13 bits per heavy atom. The number of rotatable bonds is 3. The first-order valence-electron chi connectivity index (χ1n) is 9.65. The summed E-state index contributed by atoms with van der Waals surface area (Å²) in [6.45, 7) is 7.95. The number of piperazine rings is 1. The number of amides is 2. The summed E-state index contributed by atoms with van der Waals surface area (Å²) < 4.78 is 5.20. The van der Waals surface area contributed by atoms with Crippen LogP contribution >= 0.6 is 23.8 Å². The molecule has 2 amide bonds. The van der Waals surface area contributed by atoms with Gasteiger partial charge in [-0.05, 0) is 42.5 Å². The standard InChI is InChI=1S/C21H25ClN4O3S/c1-21(2,3)19(28)24-20(30)23-14-6-7-16(15(22)13-14)25-8-10-26(11-9-25)18(27)17-5-4-12-29-17/h4-7,12-13H,8-11H2,1-3H3,(H2,23,24,28,30). The first kappa shape index (κ1) is 22.1. The Hall–Kier alpha value is -2.58. The zero-order chi connectivity index (χ0) is 21.9. The fourth-order valence-electron chi connectivity index (χ4n) is 3.00. The molecule has 160 valence electrons. The molecule has 7 nitrogen and oxygen atoms in total. The van der Waals surface area contributed by atoms with Crippen molar-refractivity contribution in [3.8, 4) is 0 Å². The summed E-state index contributed by atoms with van der Waals surface area (Å²) in [6.07, 6.45) is 1.50. The van der Waals surface area contributed by atoms with Gasteiger partial charge in [0.25, 0.3) is 5.91 Å². The van der Waals surface area contributed by atoms with E-state index >= 15 is 0 Å². The Balaban J connectivity index is 1.57. The summed E-state index contributed by atoms with van der Waals surface area (Å²) in [7, 11) is 0. The zero-order valence-electron chi connectivity index (χ0n) is 17.2. The number of carbonyl (C=O) groups excluding carboxylic acids is 2. The van der Waals surface area contributed by atoms with E-state index in [-0.39, 0.29) is 16.9 Å². The third-order valence-corrected chi connectivity index (χ3v) is 5.26. The Morgan fingerprint density at radius 2 is 1.83 bits per heavy atom. The molecular formula is C21H25ClN4O3S. The molecular weight excluding hydrogens is 424 g/mol. The van der Waals surface area contributed by atoms with Crippen LogP contribution in [0, 0.1) is 5.41 Å². The van der Waals surface area contributed by atoms with Crippen molar-refractivity contribution in [1.29, 1.82) is 0 Å². The highest BCUT2D eigenvalue weighted by atomic mass is 35.5. The number of hydrogen-bond donors (Lipinski definition) is 2. The highest BCUT2D eigenvalue weighted by Crippen LogP contribution is 2.30. The maximum atomic E-state index is 12.4. The van der Waals surface area contributed by atoms with Crippen molar-refractivity contribution in [3.63, 3.8) is 0 Å². The molecule has 0 spiro atoms. The van der Waals surface area contributed by atoms with Crippen LogP contribution < -0.4 is 15.5 Å². The summed E-state index contributed by atoms with van der Waals surface area (Å²) in [4.78, 5) is 28.3. The van der Waals surface area contributed by atoms with Gasteiger partial charge in [0.05, 0.1) is 17.0 Å². The van der Waals surface area contributed by atoms with Gasteiger partial charge in [0.15, 0.2) is 10.9 Å². The van der Waals surface area contributed by atoms with E-state index in [0.717, 1.165) is 5.69 Å². The molecule has 1 aromatic carbocycles. The topological polar surface area (TPSA) is 77.8 Å². The molecule has 1 aromatic heterocycles. The van der Waals surface area contributed by atoms with Gasteiger partial charge < -0.3 is 24.9 Å². The van der Waals surface area contributed by atoms with Gasteiger partial charge >= 0.3 is 0 Å². The average molecular weight is 449 g/mol. The molecule has 1 aliphatic rings. The molecule has 9 heteroatoms. The number of nitrogens with zero attached hydrogens (tertiary/aromatic N) is 2. The molecule has 3 rings (SSSR count). The first-order chi connectivity index (χ1) is 14.1. The van der Waals surface area contributed by atoms with Gasteiger partial charge in [0.2, 0.25) is 5.91 Å². The second kappa shape index (κ2) is 9.06. The van der Waals surface area contributed by atoms with E-state index in [4.69, 9.17) is 28.2 Å². The number of hydrogen-bond acceptors (Lipinski definition) is 5. The van der Waals surface area contributed by atoms with E-state index in [0.29, 0.717) is 42.6 Å². The molecule has 1 saturated heterocycles. The maximum Gasteiger partial charge on any atom is 0.289 e. The van der Waals surface area contributed by atoms with Gasteiger partial charge in [-0.1, -0.05) is 32.4 Å². The Bertz CT molecular complexity index is 932. The van der Waals surface area contributed by atoms with Gasteiger partial charge in [-0.25, -0.2) is 0 Å². The average Bonchev–Trinajstić information content (AvgIpc) is 3.22. The number of anilines is 2. The minimum atomic E-state index is -0.534. The van der Waals surface area contributed by atoms with E-state index in [2.05, 4.69) is 15.5 Å². The van der Waals surface area contributed by atoms with Crippen molar-refractivity contribution in [2.24, 2.45) is 5.41 Å². The fourth-order valence-corrected chi connectivity index (χ4v) is 3.51. The molecule has 1 aliphatic heterocycles. The lowest BCUT2D eigenvalue weighted by Crippen LogP contribution is -2.48. The third-order valence-electron chi connectivity index (χ3n) is 4.75. The van der Waals surface area contributed by atoms with Crippen molar-refractivity contribution >= 4 is 52.1 Å². The lowest BCUT2D eigenvalue weighted by molar-refractivity contribution is -0.126. The second-order valence-corrected chi connectivity index (χ2v) is 8.90. The van der Waals surface area contributed by atoms with Crippen LogP contribution in [0.15, 0.2) is 41.0 Å². The number of benzene rings is 1. The van der Waals surface area contributed by atoms with E-state index in [1.165, 1.54) is 6.26 Å². The molecule has 1 fully saturated rings. The van der Waals surface area contributed by atoms with Crippen molar-refractivity contribution < 1.29 is 14.0 Å². The van der Waals surface area contributed by atoms with E-state index in [1.54, 1.807) is 23.1 Å². The van der Waals surface area contributed by atoms with E-state index in [9.17, 15) is 9.59 Å². The molecule has 2 N–H and O–H groups in total. The van der Waals surface area contributed by atoms with Crippen molar-refractivity contribution in [1.82, 2.24) is 10.2 Å². The smallest absolute Gasteiger partial charge is 0.289 e. The molecule has 0 bridgehead atoms. The number of furan rings is 1. The first-order valence-corrected chi connectivity index (χ1v) is 10.4. The Kier molecular flexibility index (Phi) is 6.67. The Morgan fingerprint density at radius 3 is 2.40 bits per heavy atom. The minimum Gasteiger partial charge on any atom is -0.459 e. The molecule has 2 aromatic rings. The minimum absolute atomic E-state index is 0.101. The lowest BCUT2D eigenvalue weighted by Gasteiger charge is -2.36. The molecule has 0 aliphatic carbocycles. The van der Waals surface area contributed by atoms with Crippen LogP contribution in [0.3, 0.4) is 0 Å². The van der Waals surface area contributed by atoms with Crippen molar-refractivity contribution in [2.75, 3.05) is 36.4 Å². The van der Waals surface area contributed by atoms with Crippen molar-refractivity contribution in [2.45, 2.75) is 20.8 Å². The van der Waals surface area contributed by atoms with E-state index in [1.807, 2.05) is 32.9 Å². The fraction of sp³-hybridized carbons (Fsp3) is 0.381. The number of carbonyl (C=O) groups is 2. The van der Waals surface area contributed by atoms with Gasteiger partial charge in [-0.15, -0.1) is 0 Å². The summed E-state index contributed by atoms with van der Waals surface area (Å²) in [5.41, 5.74) is 1.04. The molecule has 0 unspecified atom stereocenters. The molecule has 0 atom stereocenters. The quantitative estimate of drug-likeness (QED) is 0.696. The van der Waals surface area contributed by atoms with Crippen LogP contribution in [-0.2, 0) is 4.79 Å². The summed E-state index contributed by atoms with van der Waals surface area (Å²) in [5, 5.41) is 6.45.